The van der Waals surface area contributed by atoms with Crippen LogP contribution in [-0.2, 0) is 16.0 Å². The minimum Gasteiger partial charge on any atom is -0.480 e. The molecule has 1 atom stereocenters. The van der Waals surface area contributed by atoms with Crippen LogP contribution in [-0.4, -0.2) is 38.0 Å². The van der Waals surface area contributed by atoms with Crippen molar-refractivity contribution in [1.82, 2.24) is 14.8 Å². The zero-order valence-electron chi connectivity index (χ0n) is 11.4. The summed E-state index contributed by atoms with van der Waals surface area (Å²) < 4.78 is 7.13. The molecule has 0 amide bonds. The lowest BCUT2D eigenvalue weighted by Crippen LogP contribution is -2.30. The molecule has 1 heterocycles. The Morgan fingerprint density at radius 2 is 2.22 bits per heavy atom. The number of nitrogens with zero attached hydrogens (tertiary/aromatic N) is 3. The molecule has 0 aliphatic carbocycles. The van der Waals surface area contributed by atoms with E-state index in [1.807, 2.05) is 27.7 Å². The van der Waals surface area contributed by atoms with Gasteiger partial charge in [-0.25, -0.2) is 4.79 Å². The van der Waals surface area contributed by atoms with E-state index in [0.29, 0.717) is 12.2 Å². The molecule has 1 unspecified atom stereocenters. The lowest BCUT2D eigenvalue weighted by Gasteiger charge is -2.23. The Morgan fingerprint density at radius 1 is 1.56 bits per heavy atom. The van der Waals surface area contributed by atoms with Gasteiger partial charge in [-0.1, -0.05) is 6.92 Å². The van der Waals surface area contributed by atoms with Gasteiger partial charge in [0.25, 0.3) is 0 Å². The summed E-state index contributed by atoms with van der Waals surface area (Å²) >= 11 is 0. The first kappa shape index (κ1) is 14.6. The third-order valence-corrected chi connectivity index (χ3v) is 2.42. The highest BCUT2D eigenvalue weighted by Crippen LogP contribution is 2.15. The van der Waals surface area contributed by atoms with Crippen molar-refractivity contribution in [3.8, 4) is 0 Å². The van der Waals surface area contributed by atoms with Crippen LogP contribution in [0.2, 0.25) is 0 Å². The summed E-state index contributed by atoms with van der Waals surface area (Å²) in [5.41, 5.74) is -0.368. The van der Waals surface area contributed by atoms with E-state index in [0.717, 1.165) is 6.42 Å². The van der Waals surface area contributed by atoms with Gasteiger partial charge in [0.15, 0.2) is 6.04 Å². The van der Waals surface area contributed by atoms with E-state index in [2.05, 4.69) is 10.2 Å². The molecular weight excluding hydrogens is 234 g/mol. The van der Waals surface area contributed by atoms with Crippen LogP contribution in [0.25, 0.3) is 0 Å². The average molecular weight is 255 g/mol. The van der Waals surface area contributed by atoms with Crippen LogP contribution in [0.3, 0.4) is 0 Å². The second-order valence-electron chi connectivity index (χ2n) is 5.18. The van der Waals surface area contributed by atoms with Gasteiger partial charge in [-0.15, -0.1) is 10.2 Å². The number of hydrogen-bond donors (Lipinski definition) is 1. The van der Waals surface area contributed by atoms with Gasteiger partial charge < -0.3 is 14.4 Å². The number of rotatable bonds is 6. The van der Waals surface area contributed by atoms with Crippen molar-refractivity contribution < 1.29 is 14.6 Å². The minimum absolute atomic E-state index is 0.105. The Kier molecular flexibility index (Phi) is 4.84. The van der Waals surface area contributed by atoms with Crippen molar-refractivity contribution in [2.45, 2.75) is 52.2 Å². The van der Waals surface area contributed by atoms with Crippen molar-refractivity contribution in [1.29, 1.82) is 0 Å². The van der Waals surface area contributed by atoms with Gasteiger partial charge in [0, 0.05) is 6.42 Å². The summed E-state index contributed by atoms with van der Waals surface area (Å²) in [6.45, 7) is 7.80. The molecule has 0 radical (unpaired) electrons. The molecule has 0 spiro atoms. The first-order valence-corrected chi connectivity index (χ1v) is 6.10. The highest BCUT2D eigenvalue weighted by Gasteiger charge is 2.25. The Bertz CT molecular complexity index is 396. The fraction of sp³-hybridized carbons (Fsp3) is 0.750. The zero-order valence-corrected chi connectivity index (χ0v) is 11.4. The molecule has 0 saturated carbocycles. The summed E-state index contributed by atoms with van der Waals surface area (Å²) in [7, 11) is 0. The summed E-state index contributed by atoms with van der Waals surface area (Å²) in [4.78, 5) is 11.3. The molecule has 1 aromatic heterocycles. The molecule has 0 fully saturated rings. The molecule has 0 bridgehead atoms. The number of hydrogen-bond acceptors (Lipinski definition) is 4. The Balaban J connectivity index is 2.84. The third-order valence-electron chi connectivity index (χ3n) is 2.42. The summed E-state index contributed by atoms with van der Waals surface area (Å²) in [6.07, 6.45) is 3.06. The third kappa shape index (κ3) is 4.10. The molecule has 6 nitrogen and oxygen atoms in total. The maximum atomic E-state index is 11.3. The van der Waals surface area contributed by atoms with Crippen molar-refractivity contribution in [2.75, 3.05) is 6.61 Å². The van der Waals surface area contributed by atoms with Crippen molar-refractivity contribution >= 4 is 5.97 Å². The van der Waals surface area contributed by atoms with Crippen LogP contribution in [0.4, 0.5) is 0 Å². The predicted octanol–water partition coefficient (Wildman–Crippen LogP) is 1.67. The zero-order chi connectivity index (χ0) is 13.8. The number of aromatic nitrogens is 3. The fourth-order valence-electron chi connectivity index (χ4n) is 1.53. The Hall–Kier alpha value is -1.43. The minimum atomic E-state index is -0.934. The molecule has 102 valence electrons. The van der Waals surface area contributed by atoms with E-state index in [1.165, 1.54) is 6.33 Å². The van der Waals surface area contributed by atoms with Gasteiger partial charge in [-0.2, -0.15) is 0 Å². The summed E-state index contributed by atoms with van der Waals surface area (Å²) in [6, 6.07) is -0.777. The van der Waals surface area contributed by atoms with Crippen LogP contribution in [0, 0.1) is 0 Å². The van der Waals surface area contributed by atoms with Crippen LogP contribution in [0.1, 0.15) is 46.0 Å². The topological polar surface area (TPSA) is 77.2 Å². The molecule has 18 heavy (non-hydrogen) atoms. The van der Waals surface area contributed by atoms with Crippen LogP contribution in [0.15, 0.2) is 6.33 Å². The number of carbonyl (C=O) groups is 1. The summed E-state index contributed by atoms with van der Waals surface area (Å²) in [5.74, 6) is -0.251. The monoisotopic (exact) mass is 255 g/mol. The number of carboxylic acid groups (broad SMARTS) is 1. The van der Waals surface area contributed by atoms with Gasteiger partial charge in [-0.05, 0) is 27.2 Å². The van der Waals surface area contributed by atoms with Crippen molar-refractivity contribution in [3.63, 3.8) is 0 Å². The van der Waals surface area contributed by atoms with E-state index in [4.69, 9.17) is 4.74 Å². The first-order chi connectivity index (χ1) is 8.35. The van der Waals surface area contributed by atoms with Gasteiger partial charge >= 0.3 is 5.97 Å². The highest BCUT2D eigenvalue weighted by molar-refractivity contribution is 5.72. The quantitative estimate of drug-likeness (QED) is 0.836. The standard InChI is InChI=1S/C12H21N3O3/c1-5-6-10-14-13-8-15(10)9(11(16)17)7-18-12(2,3)4/h8-9H,5-7H2,1-4H3,(H,16,17). The van der Waals surface area contributed by atoms with E-state index in [1.54, 1.807) is 4.57 Å². The fourth-order valence-corrected chi connectivity index (χ4v) is 1.53. The van der Waals surface area contributed by atoms with Crippen molar-refractivity contribution in [3.05, 3.63) is 12.2 Å². The lowest BCUT2D eigenvalue weighted by molar-refractivity contribution is -0.144. The molecule has 0 aromatic carbocycles. The van der Waals surface area contributed by atoms with Gasteiger partial charge in [0.2, 0.25) is 0 Å². The molecule has 6 heteroatoms. The number of aryl methyl sites for hydroxylation is 1. The normalized spacial score (nSPS) is 13.6. The molecule has 1 aromatic rings. The summed E-state index contributed by atoms with van der Waals surface area (Å²) in [5, 5.41) is 17.0. The molecule has 0 aliphatic rings. The predicted molar refractivity (Wildman–Crippen MR) is 66.4 cm³/mol. The number of ether oxygens (including phenoxy) is 1. The van der Waals surface area contributed by atoms with Crippen LogP contribution in [0.5, 0.6) is 0 Å². The molecule has 1 N–H and O–H groups in total. The van der Waals surface area contributed by atoms with Crippen LogP contribution < -0.4 is 0 Å². The second kappa shape index (κ2) is 5.95. The van der Waals surface area contributed by atoms with Crippen molar-refractivity contribution in [2.24, 2.45) is 0 Å². The van der Waals surface area contributed by atoms with Gasteiger partial charge in [-0.3, -0.25) is 0 Å². The SMILES string of the molecule is CCCc1nncn1C(COC(C)(C)C)C(=O)O. The molecule has 1 rings (SSSR count). The average Bonchev–Trinajstić information content (AvgIpc) is 2.65. The Morgan fingerprint density at radius 3 is 2.72 bits per heavy atom. The number of aliphatic carboxylic acids is 1. The van der Waals surface area contributed by atoms with E-state index < -0.39 is 12.0 Å². The van der Waals surface area contributed by atoms with Crippen LogP contribution >= 0.6 is 0 Å². The molecule has 0 aliphatic heterocycles. The highest BCUT2D eigenvalue weighted by atomic mass is 16.5. The lowest BCUT2D eigenvalue weighted by atomic mass is 10.2. The second-order valence-corrected chi connectivity index (χ2v) is 5.18. The van der Waals surface area contributed by atoms with E-state index in [9.17, 15) is 9.90 Å². The molecule has 0 saturated heterocycles. The largest absolute Gasteiger partial charge is 0.480 e. The maximum Gasteiger partial charge on any atom is 0.329 e. The number of carboxylic acids is 1. The maximum absolute atomic E-state index is 11.3. The molecular formula is C12H21N3O3. The first-order valence-electron chi connectivity index (χ1n) is 6.10. The smallest absolute Gasteiger partial charge is 0.329 e. The Labute approximate surface area is 107 Å². The van der Waals surface area contributed by atoms with Gasteiger partial charge in [0.05, 0.1) is 12.2 Å². The van der Waals surface area contributed by atoms with E-state index in [-0.39, 0.29) is 12.2 Å². The van der Waals surface area contributed by atoms with Gasteiger partial charge in [0.1, 0.15) is 12.2 Å². The van der Waals surface area contributed by atoms with E-state index >= 15 is 0 Å².